The Hall–Kier alpha value is -1.50. The Morgan fingerprint density at radius 3 is 2.73 bits per heavy atom. The monoisotopic (exact) mass is 154 g/mol. The van der Waals surface area contributed by atoms with Gasteiger partial charge in [-0.2, -0.15) is 5.26 Å². The molecule has 0 aliphatic rings. The smallest absolute Gasteiger partial charge is 0.264 e. The van der Waals surface area contributed by atoms with Crippen LogP contribution in [-0.4, -0.2) is 4.98 Å². The molecule has 0 bridgehead atoms. The third-order valence-corrected chi connectivity index (χ3v) is 1.21. The van der Waals surface area contributed by atoms with Gasteiger partial charge in [-0.05, 0) is 6.07 Å². The summed E-state index contributed by atoms with van der Waals surface area (Å²) in [7, 11) is 0. The molecule has 1 heterocycles. The second-order valence-corrected chi connectivity index (χ2v) is 1.88. The molecule has 0 aliphatic carbocycles. The van der Waals surface area contributed by atoms with Crippen LogP contribution in [0.3, 0.4) is 0 Å². The van der Waals surface area contributed by atoms with E-state index < -0.39 is 6.43 Å². The molecule has 1 rings (SSSR count). The molecular weight excluding hydrogens is 150 g/mol. The van der Waals surface area contributed by atoms with Crippen molar-refractivity contribution in [2.45, 2.75) is 6.43 Å². The highest BCUT2D eigenvalue weighted by molar-refractivity contribution is 5.35. The van der Waals surface area contributed by atoms with E-state index in [0.717, 1.165) is 6.20 Å². The van der Waals surface area contributed by atoms with Gasteiger partial charge < -0.3 is 0 Å². The van der Waals surface area contributed by atoms with Gasteiger partial charge in [0.25, 0.3) is 6.43 Å². The molecule has 11 heavy (non-hydrogen) atoms. The minimum Gasteiger partial charge on any atom is -0.264 e. The second kappa shape index (κ2) is 3.06. The Morgan fingerprint density at radius 2 is 2.27 bits per heavy atom. The van der Waals surface area contributed by atoms with E-state index in [1.807, 2.05) is 0 Å². The van der Waals surface area contributed by atoms with Crippen LogP contribution in [0.15, 0.2) is 18.5 Å². The molecule has 1 aromatic rings. The molecule has 0 radical (unpaired) electrons. The van der Waals surface area contributed by atoms with Gasteiger partial charge in [-0.3, -0.25) is 4.98 Å². The van der Waals surface area contributed by atoms with Gasteiger partial charge in [0.15, 0.2) is 0 Å². The van der Waals surface area contributed by atoms with Crippen molar-refractivity contribution in [3.63, 3.8) is 0 Å². The number of halogens is 2. The summed E-state index contributed by atoms with van der Waals surface area (Å²) in [6, 6.07) is 2.92. The van der Waals surface area contributed by atoms with Crippen molar-refractivity contribution in [2.24, 2.45) is 0 Å². The number of pyridine rings is 1. The summed E-state index contributed by atoms with van der Waals surface area (Å²) in [5.74, 6) is 0. The van der Waals surface area contributed by atoms with Crippen LogP contribution < -0.4 is 0 Å². The van der Waals surface area contributed by atoms with E-state index in [9.17, 15) is 8.78 Å². The van der Waals surface area contributed by atoms with Crippen LogP contribution >= 0.6 is 0 Å². The maximum atomic E-state index is 12.0. The largest absolute Gasteiger partial charge is 0.266 e. The van der Waals surface area contributed by atoms with Gasteiger partial charge in [-0.15, -0.1) is 0 Å². The molecule has 0 saturated carbocycles. The first-order valence-electron chi connectivity index (χ1n) is 2.88. The summed E-state index contributed by atoms with van der Waals surface area (Å²) in [5, 5.41) is 8.36. The number of hydrogen-bond acceptors (Lipinski definition) is 2. The molecule has 1 aromatic heterocycles. The number of alkyl halides is 2. The molecular formula is C7H4F2N2. The van der Waals surface area contributed by atoms with Gasteiger partial charge in [-0.25, -0.2) is 8.78 Å². The summed E-state index contributed by atoms with van der Waals surface area (Å²) in [5.41, 5.74) is -0.329. The molecule has 0 amide bonds. The number of nitrogens with zero attached hydrogens (tertiary/aromatic N) is 2. The number of nitriles is 1. The molecule has 2 nitrogen and oxygen atoms in total. The number of aromatic nitrogens is 1. The van der Waals surface area contributed by atoms with Crippen molar-refractivity contribution in [3.05, 3.63) is 29.6 Å². The molecule has 4 heteroatoms. The van der Waals surface area contributed by atoms with Gasteiger partial charge in [-0.1, -0.05) is 0 Å². The SMILES string of the molecule is N#Cc1ccncc1C(F)F. The number of rotatable bonds is 1. The maximum absolute atomic E-state index is 12.0. The lowest BCUT2D eigenvalue weighted by Crippen LogP contribution is -1.90. The highest BCUT2D eigenvalue weighted by atomic mass is 19.3. The highest BCUT2D eigenvalue weighted by Gasteiger charge is 2.11. The van der Waals surface area contributed by atoms with E-state index in [2.05, 4.69) is 4.98 Å². The Kier molecular flexibility index (Phi) is 2.12. The van der Waals surface area contributed by atoms with Gasteiger partial charge in [0.05, 0.1) is 17.2 Å². The zero-order chi connectivity index (χ0) is 8.27. The molecule has 0 atom stereocenters. The maximum Gasteiger partial charge on any atom is 0.266 e. The van der Waals surface area contributed by atoms with Crippen molar-refractivity contribution in [2.75, 3.05) is 0 Å². The second-order valence-electron chi connectivity index (χ2n) is 1.88. The third-order valence-electron chi connectivity index (χ3n) is 1.21. The first kappa shape index (κ1) is 7.61. The average Bonchev–Trinajstić information content (AvgIpc) is 2.04. The molecule has 0 aromatic carbocycles. The van der Waals surface area contributed by atoms with E-state index in [0.29, 0.717) is 0 Å². The fraction of sp³-hybridized carbons (Fsp3) is 0.143. The van der Waals surface area contributed by atoms with Crippen LogP contribution in [-0.2, 0) is 0 Å². The average molecular weight is 154 g/mol. The topological polar surface area (TPSA) is 36.7 Å². The molecule has 0 saturated heterocycles. The Bertz CT molecular complexity index is 291. The zero-order valence-corrected chi connectivity index (χ0v) is 5.46. The highest BCUT2D eigenvalue weighted by Crippen LogP contribution is 2.20. The van der Waals surface area contributed by atoms with E-state index in [1.165, 1.54) is 12.3 Å². The zero-order valence-electron chi connectivity index (χ0n) is 5.46. The van der Waals surface area contributed by atoms with Gasteiger partial charge in [0.2, 0.25) is 0 Å². The normalized spacial score (nSPS) is 9.64. The standard InChI is InChI=1S/C7H4F2N2/c8-7(9)6-4-11-2-1-5(6)3-10/h1-2,4,7H. The van der Waals surface area contributed by atoms with Crippen LogP contribution in [0.1, 0.15) is 17.6 Å². The van der Waals surface area contributed by atoms with Crippen LogP contribution in [0, 0.1) is 11.3 Å². The lowest BCUT2D eigenvalue weighted by Gasteiger charge is -1.98. The van der Waals surface area contributed by atoms with Crippen molar-refractivity contribution in [1.82, 2.24) is 4.98 Å². The molecule has 0 unspecified atom stereocenters. The lowest BCUT2D eigenvalue weighted by atomic mass is 10.2. The van der Waals surface area contributed by atoms with Crippen LogP contribution in [0.5, 0.6) is 0 Å². The van der Waals surface area contributed by atoms with Crippen molar-refractivity contribution in [1.29, 1.82) is 5.26 Å². The van der Waals surface area contributed by atoms with E-state index in [-0.39, 0.29) is 11.1 Å². The van der Waals surface area contributed by atoms with E-state index in [4.69, 9.17) is 5.26 Å². The van der Waals surface area contributed by atoms with Crippen molar-refractivity contribution in [3.8, 4) is 6.07 Å². The van der Waals surface area contributed by atoms with Crippen LogP contribution in [0.4, 0.5) is 8.78 Å². The van der Waals surface area contributed by atoms with Crippen molar-refractivity contribution >= 4 is 0 Å². The first-order valence-corrected chi connectivity index (χ1v) is 2.88. The van der Waals surface area contributed by atoms with Crippen molar-refractivity contribution < 1.29 is 8.78 Å². The van der Waals surface area contributed by atoms with Gasteiger partial charge in [0, 0.05) is 12.4 Å². The molecule has 0 N–H and O–H groups in total. The Morgan fingerprint density at radius 1 is 1.55 bits per heavy atom. The molecule has 0 aliphatic heterocycles. The summed E-state index contributed by atoms with van der Waals surface area (Å²) in [6.07, 6.45) is -0.313. The Labute approximate surface area is 62.1 Å². The van der Waals surface area contributed by atoms with Gasteiger partial charge >= 0.3 is 0 Å². The predicted molar refractivity (Wildman–Crippen MR) is 33.9 cm³/mol. The summed E-state index contributed by atoms with van der Waals surface area (Å²) in [6.45, 7) is 0. The van der Waals surface area contributed by atoms with E-state index >= 15 is 0 Å². The first-order chi connectivity index (χ1) is 5.25. The van der Waals surface area contributed by atoms with Crippen LogP contribution in [0.25, 0.3) is 0 Å². The molecule has 56 valence electrons. The van der Waals surface area contributed by atoms with Gasteiger partial charge in [0.1, 0.15) is 0 Å². The molecule has 0 spiro atoms. The number of hydrogen-bond donors (Lipinski definition) is 0. The fourth-order valence-electron chi connectivity index (χ4n) is 0.682. The third kappa shape index (κ3) is 1.49. The van der Waals surface area contributed by atoms with E-state index in [1.54, 1.807) is 6.07 Å². The molecule has 0 fully saturated rings. The predicted octanol–water partition coefficient (Wildman–Crippen LogP) is 1.89. The minimum absolute atomic E-state index is 0.0185. The Balaban J connectivity index is 3.15. The minimum atomic E-state index is -2.63. The fourth-order valence-corrected chi connectivity index (χ4v) is 0.682. The summed E-state index contributed by atoms with van der Waals surface area (Å²) < 4.78 is 24.0. The lowest BCUT2D eigenvalue weighted by molar-refractivity contribution is 0.150. The summed E-state index contributed by atoms with van der Waals surface area (Å²) in [4.78, 5) is 3.48. The summed E-state index contributed by atoms with van der Waals surface area (Å²) >= 11 is 0. The van der Waals surface area contributed by atoms with Crippen LogP contribution in [0.2, 0.25) is 0 Å². The quantitative estimate of drug-likeness (QED) is 0.619.